The average Bonchev–Trinajstić information content (AvgIpc) is 2.60. The van der Waals surface area contributed by atoms with E-state index in [9.17, 15) is 4.79 Å². The van der Waals surface area contributed by atoms with Gasteiger partial charge in [0.1, 0.15) is 0 Å². The summed E-state index contributed by atoms with van der Waals surface area (Å²) in [6.45, 7) is 8.68. The van der Waals surface area contributed by atoms with Gasteiger partial charge in [0.25, 0.3) is 5.56 Å². The van der Waals surface area contributed by atoms with Crippen molar-refractivity contribution in [3.8, 4) is 0 Å². The van der Waals surface area contributed by atoms with E-state index in [4.69, 9.17) is 0 Å². The molecule has 0 aliphatic heterocycles. The normalized spacial score (nSPS) is 11.4. The molecule has 0 saturated heterocycles. The van der Waals surface area contributed by atoms with Gasteiger partial charge in [-0.1, -0.05) is 18.2 Å². The molecule has 0 unspecified atom stereocenters. The third kappa shape index (κ3) is 3.31. The van der Waals surface area contributed by atoms with Crippen LogP contribution in [-0.2, 0) is 6.54 Å². The van der Waals surface area contributed by atoms with Crippen LogP contribution < -0.4 is 11.0 Å². The molecule has 0 saturated carbocycles. The van der Waals surface area contributed by atoms with Crippen LogP contribution in [-0.4, -0.2) is 15.8 Å². The molecule has 2 aromatic carbocycles. The van der Waals surface area contributed by atoms with Crippen LogP contribution in [0, 0.1) is 20.8 Å². The molecule has 1 aromatic heterocycles. The van der Waals surface area contributed by atoms with Gasteiger partial charge < -0.3 is 0 Å². The standard InChI is InChI=1S/C20H22N4O/c1-5-24-19(25)17-8-6-7-9-18(17)22-20(24)23-21-12-16-11-14(3)13(2)10-15(16)4/h6-12H,5H2,1-4H3,(H,22,23)/b21-12-. The van der Waals surface area contributed by atoms with E-state index in [2.05, 4.69) is 48.4 Å². The molecule has 0 fully saturated rings. The molecular weight excluding hydrogens is 312 g/mol. The van der Waals surface area contributed by atoms with Crippen molar-refractivity contribution in [2.75, 3.05) is 5.43 Å². The smallest absolute Gasteiger partial charge is 0.262 e. The first-order valence-electron chi connectivity index (χ1n) is 8.37. The first-order valence-corrected chi connectivity index (χ1v) is 8.37. The topological polar surface area (TPSA) is 59.3 Å². The van der Waals surface area contributed by atoms with Gasteiger partial charge in [-0.2, -0.15) is 5.10 Å². The number of para-hydroxylation sites is 1. The SMILES string of the molecule is CCn1c(N/N=C\c2cc(C)c(C)cc2C)nc2ccccc2c1=O. The lowest BCUT2D eigenvalue weighted by Crippen LogP contribution is -2.23. The number of fused-ring (bicyclic) bond motifs is 1. The number of nitrogens with one attached hydrogen (secondary N) is 1. The first kappa shape index (κ1) is 16.9. The van der Waals surface area contributed by atoms with Crippen LogP contribution in [0.4, 0.5) is 5.95 Å². The molecule has 128 valence electrons. The first-order chi connectivity index (χ1) is 12.0. The van der Waals surface area contributed by atoms with Crippen molar-refractivity contribution in [1.82, 2.24) is 9.55 Å². The van der Waals surface area contributed by atoms with Gasteiger partial charge in [-0.25, -0.2) is 10.4 Å². The van der Waals surface area contributed by atoms with E-state index in [1.54, 1.807) is 16.8 Å². The zero-order chi connectivity index (χ0) is 18.0. The van der Waals surface area contributed by atoms with Crippen LogP contribution in [0.2, 0.25) is 0 Å². The van der Waals surface area contributed by atoms with Crippen LogP contribution >= 0.6 is 0 Å². The Hall–Kier alpha value is -2.95. The molecule has 25 heavy (non-hydrogen) atoms. The molecule has 1 heterocycles. The highest BCUT2D eigenvalue weighted by molar-refractivity contribution is 5.83. The van der Waals surface area contributed by atoms with E-state index < -0.39 is 0 Å². The van der Waals surface area contributed by atoms with Crippen LogP contribution in [0.3, 0.4) is 0 Å². The third-order valence-corrected chi connectivity index (χ3v) is 4.43. The van der Waals surface area contributed by atoms with Crippen molar-refractivity contribution in [1.29, 1.82) is 0 Å². The van der Waals surface area contributed by atoms with Gasteiger partial charge in [-0.15, -0.1) is 0 Å². The summed E-state index contributed by atoms with van der Waals surface area (Å²) in [6.07, 6.45) is 1.77. The number of aryl methyl sites for hydroxylation is 3. The third-order valence-electron chi connectivity index (χ3n) is 4.43. The minimum Gasteiger partial charge on any atom is -0.277 e. The molecule has 0 aliphatic rings. The van der Waals surface area contributed by atoms with Crippen LogP contribution in [0.25, 0.3) is 10.9 Å². The van der Waals surface area contributed by atoms with Crippen molar-refractivity contribution in [3.05, 3.63) is 69.0 Å². The van der Waals surface area contributed by atoms with E-state index in [1.807, 2.05) is 25.1 Å². The van der Waals surface area contributed by atoms with Gasteiger partial charge in [0.05, 0.1) is 17.1 Å². The largest absolute Gasteiger partial charge is 0.277 e. The van der Waals surface area contributed by atoms with Crippen LogP contribution in [0.5, 0.6) is 0 Å². The summed E-state index contributed by atoms with van der Waals surface area (Å²) in [5, 5.41) is 4.92. The number of rotatable bonds is 4. The van der Waals surface area contributed by atoms with Gasteiger partial charge in [0.15, 0.2) is 0 Å². The summed E-state index contributed by atoms with van der Waals surface area (Å²) in [6, 6.07) is 11.6. The number of hydrazone groups is 1. The lowest BCUT2D eigenvalue weighted by molar-refractivity contribution is 0.724. The molecule has 5 nitrogen and oxygen atoms in total. The Bertz CT molecular complexity index is 1020. The molecule has 0 bridgehead atoms. The zero-order valence-corrected chi connectivity index (χ0v) is 15.0. The van der Waals surface area contributed by atoms with Gasteiger partial charge in [0.2, 0.25) is 5.95 Å². The Morgan fingerprint density at radius 1 is 1.12 bits per heavy atom. The molecule has 3 aromatic rings. The second-order valence-corrected chi connectivity index (χ2v) is 6.17. The predicted molar refractivity (Wildman–Crippen MR) is 104 cm³/mol. The summed E-state index contributed by atoms with van der Waals surface area (Å²) >= 11 is 0. The molecule has 0 spiro atoms. The number of hydrogen-bond donors (Lipinski definition) is 1. The molecule has 0 atom stereocenters. The highest BCUT2D eigenvalue weighted by atomic mass is 16.1. The lowest BCUT2D eigenvalue weighted by Gasteiger charge is -2.10. The van der Waals surface area contributed by atoms with Crippen molar-refractivity contribution in [3.63, 3.8) is 0 Å². The highest BCUT2D eigenvalue weighted by Gasteiger charge is 2.08. The predicted octanol–water partition coefficient (Wildman–Crippen LogP) is 3.79. The van der Waals surface area contributed by atoms with Gasteiger partial charge in [-0.05, 0) is 68.1 Å². The maximum absolute atomic E-state index is 12.6. The fourth-order valence-corrected chi connectivity index (χ4v) is 2.83. The number of anilines is 1. The van der Waals surface area contributed by atoms with Crippen LogP contribution in [0.15, 0.2) is 46.3 Å². The Morgan fingerprint density at radius 2 is 1.84 bits per heavy atom. The fourth-order valence-electron chi connectivity index (χ4n) is 2.83. The molecular formula is C20H22N4O. The molecule has 0 radical (unpaired) electrons. The maximum Gasteiger partial charge on any atom is 0.262 e. The fraction of sp³-hybridized carbons (Fsp3) is 0.250. The number of aromatic nitrogens is 2. The van der Waals surface area contributed by atoms with Gasteiger partial charge in [0, 0.05) is 6.54 Å². The average molecular weight is 334 g/mol. The highest BCUT2D eigenvalue weighted by Crippen LogP contribution is 2.14. The Balaban J connectivity index is 1.96. The number of benzene rings is 2. The quantitative estimate of drug-likeness (QED) is 0.583. The van der Waals surface area contributed by atoms with Gasteiger partial charge in [-0.3, -0.25) is 9.36 Å². The summed E-state index contributed by atoms with van der Waals surface area (Å²) < 4.78 is 1.59. The van der Waals surface area contributed by atoms with E-state index in [-0.39, 0.29) is 5.56 Å². The van der Waals surface area contributed by atoms with Crippen molar-refractivity contribution in [2.45, 2.75) is 34.2 Å². The van der Waals surface area contributed by atoms with E-state index in [0.29, 0.717) is 23.4 Å². The summed E-state index contributed by atoms with van der Waals surface area (Å²) in [5.74, 6) is 0.448. The van der Waals surface area contributed by atoms with Crippen molar-refractivity contribution >= 4 is 23.1 Å². The molecule has 5 heteroatoms. The minimum atomic E-state index is -0.0619. The summed E-state index contributed by atoms with van der Waals surface area (Å²) in [4.78, 5) is 17.1. The summed E-state index contributed by atoms with van der Waals surface area (Å²) in [5.41, 5.74) is 8.22. The minimum absolute atomic E-state index is 0.0619. The second kappa shape index (κ2) is 6.89. The molecule has 0 aliphatic carbocycles. The summed E-state index contributed by atoms with van der Waals surface area (Å²) in [7, 11) is 0. The van der Waals surface area contributed by atoms with E-state index >= 15 is 0 Å². The van der Waals surface area contributed by atoms with Gasteiger partial charge >= 0.3 is 0 Å². The van der Waals surface area contributed by atoms with Crippen molar-refractivity contribution < 1.29 is 0 Å². The van der Waals surface area contributed by atoms with E-state index in [1.165, 1.54) is 11.1 Å². The Labute approximate surface area is 147 Å². The molecule has 3 rings (SSSR count). The molecule has 1 N–H and O–H groups in total. The lowest BCUT2D eigenvalue weighted by atomic mass is 10.0. The monoisotopic (exact) mass is 334 g/mol. The van der Waals surface area contributed by atoms with Crippen molar-refractivity contribution in [2.24, 2.45) is 5.10 Å². The Kier molecular flexibility index (Phi) is 4.65. The van der Waals surface area contributed by atoms with E-state index in [0.717, 1.165) is 11.1 Å². The zero-order valence-electron chi connectivity index (χ0n) is 15.0. The maximum atomic E-state index is 12.6. The Morgan fingerprint density at radius 3 is 2.60 bits per heavy atom. The number of hydrogen-bond acceptors (Lipinski definition) is 4. The second-order valence-electron chi connectivity index (χ2n) is 6.17. The molecule has 0 amide bonds. The van der Waals surface area contributed by atoms with Crippen LogP contribution in [0.1, 0.15) is 29.2 Å². The number of nitrogens with zero attached hydrogens (tertiary/aromatic N) is 3.